The number of hydrogen-bond acceptors (Lipinski definition) is 2. The highest BCUT2D eigenvalue weighted by atomic mass is 16.6. The number of carbonyl (C=O) groups excluding carboxylic acids is 1. The van der Waals surface area contributed by atoms with Gasteiger partial charge in [0.05, 0.1) is 0 Å². The number of esters is 1. The number of cyclic esters (lactones) is 1. The molecule has 0 radical (unpaired) electrons. The molecule has 0 aromatic rings. The molecule has 1 aliphatic rings. The van der Waals surface area contributed by atoms with Gasteiger partial charge >= 0.3 is 5.97 Å². The predicted octanol–water partition coefficient (Wildman–Crippen LogP) is 3.24. The summed E-state index contributed by atoms with van der Waals surface area (Å²) in [6.07, 6.45) is 9.99. The normalized spacial score (nSPS) is 30.0. The van der Waals surface area contributed by atoms with Gasteiger partial charge in [-0.15, -0.1) is 0 Å². The smallest absolute Gasteiger partial charge is 0.319 e. The van der Waals surface area contributed by atoms with Gasteiger partial charge in [0, 0.05) is 0 Å². The minimum Gasteiger partial charge on any atom is -0.460 e. The van der Waals surface area contributed by atoms with E-state index < -0.39 is 5.41 Å². The van der Waals surface area contributed by atoms with Crippen molar-refractivity contribution < 1.29 is 9.53 Å². The molecule has 1 fully saturated rings. The Bertz CT molecular complexity index is 268. The molecule has 1 saturated heterocycles. The van der Waals surface area contributed by atoms with Gasteiger partial charge in [-0.05, 0) is 19.8 Å². The summed E-state index contributed by atoms with van der Waals surface area (Å²) in [7, 11) is 0. The van der Waals surface area contributed by atoms with E-state index in [9.17, 15) is 4.79 Å². The zero-order valence-corrected chi connectivity index (χ0v) is 9.66. The van der Waals surface area contributed by atoms with Gasteiger partial charge in [-0.3, -0.25) is 4.79 Å². The van der Waals surface area contributed by atoms with Gasteiger partial charge in [0.25, 0.3) is 0 Å². The van der Waals surface area contributed by atoms with Crippen molar-refractivity contribution in [2.75, 3.05) is 0 Å². The Labute approximate surface area is 92.0 Å². The molecule has 84 valence electrons. The predicted molar refractivity (Wildman–Crippen MR) is 61.5 cm³/mol. The van der Waals surface area contributed by atoms with E-state index in [-0.39, 0.29) is 12.1 Å². The van der Waals surface area contributed by atoms with Crippen molar-refractivity contribution in [1.29, 1.82) is 0 Å². The third-order valence-corrected chi connectivity index (χ3v) is 3.01. The van der Waals surface area contributed by atoms with Crippen molar-refractivity contribution >= 4 is 5.97 Å². The Hall–Kier alpha value is -1.05. The zero-order chi connectivity index (χ0) is 11.3. The number of unbranched alkanes of at least 4 members (excludes halogenated alkanes) is 2. The van der Waals surface area contributed by atoms with Crippen LogP contribution in [0.3, 0.4) is 0 Å². The van der Waals surface area contributed by atoms with E-state index in [1.807, 2.05) is 19.1 Å². The van der Waals surface area contributed by atoms with Crippen molar-refractivity contribution in [2.45, 2.75) is 45.6 Å². The van der Waals surface area contributed by atoms with Gasteiger partial charge in [-0.1, -0.05) is 44.6 Å². The minimum atomic E-state index is -0.415. The summed E-state index contributed by atoms with van der Waals surface area (Å²) < 4.78 is 5.17. The van der Waals surface area contributed by atoms with Gasteiger partial charge in [-0.2, -0.15) is 0 Å². The summed E-state index contributed by atoms with van der Waals surface area (Å²) in [5.74, 6) is -0.109. The first-order valence-electron chi connectivity index (χ1n) is 5.66. The Balaban J connectivity index is 2.49. The summed E-state index contributed by atoms with van der Waals surface area (Å²) >= 11 is 0. The molecule has 0 bridgehead atoms. The SMILES string of the molecule is C=CC=C[C@]1(C)C(=O)O[C@H]1CCCCC. The number of carbonyl (C=O) groups is 1. The van der Waals surface area contributed by atoms with E-state index in [2.05, 4.69) is 13.5 Å². The maximum atomic E-state index is 11.4. The highest BCUT2D eigenvalue weighted by Crippen LogP contribution is 2.40. The minimum absolute atomic E-state index is 0.0627. The molecule has 0 N–H and O–H groups in total. The van der Waals surface area contributed by atoms with Crippen LogP contribution >= 0.6 is 0 Å². The van der Waals surface area contributed by atoms with Crippen LogP contribution in [0.2, 0.25) is 0 Å². The number of ether oxygens (including phenoxy) is 1. The van der Waals surface area contributed by atoms with Crippen LogP contribution in [0.1, 0.15) is 39.5 Å². The lowest BCUT2D eigenvalue weighted by molar-refractivity contribution is -0.196. The molecule has 0 amide bonds. The fraction of sp³-hybridized carbons (Fsp3) is 0.615. The largest absolute Gasteiger partial charge is 0.460 e. The topological polar surface area (TPSA) is 26.3 Å². The molecule has 2 nitrogen and oxygen atoms in total. The van der Waals surface area contributed by atoms with Crippen molar-refractivity contribution in [3.05, 3.63) is 24.8 Å². The van der Waals surface area contributed by atoms with Crippen LogP contribution in [-0.4, -0.2) is 12.1 Å². The third kappa shape index (κ3) is 2.49. The van der Waals surface area contributed by atoms with E-state index in [1.165, 1.54) is 12.8 Å². The highest BCUT2D eigenvalue weighted by Gasteiger charge is 2.51. The second-order valence-corrected chi connectivity index (χ2v) is 4.27. The summed E-state index contributed by atoms with van der Waals surface area (Å²) in [6.45, 7) is 7.72. The lowest BCUT2D eigenvalue weighted by Crippen LogP contribution is -2.53. The van der Waals surface area contributed by atoms with Crippen molar-refractivity contribution in [1.82, 2.24) is 0 Å². The first-order valence-corrected chi connectivity index (χ1v) is 5.66. The standard InChI is InChI=1S/C13H20O2/c1-4-6-8-9-11-13(3,10-7-5-2)12(14)15-11/h5,7,10-11H,2,4,6,8-9H2,1,3H3/t11-,13-/m0/s1. The Morgan fingerprint density at radius 2 is 2.27 bits per heavy atom. The van der Waals surface area contributed by atoms with Crippen LogP contribution in [0.15, 0.2) is 24.8 Å². The molecule has 2 heteroatoms. The third-order valence-electron chi connectivity index (χ3n) is 3.01. The average molecular weight is 208 g/mol. The highest BCUT2D eigenvalue weighted by molar-refractivity contribution is 5.85. The molecule has 1 heterocycles. The summed E-state index contributed by atoms with van der Waals surface area (Å²) in [6, 6.07) is 0. The molecule has 2 atom stereocenters. The van der Waals surface area contributed by atoms with Crippen LogP contribution in [0.4, 0.5) is 0 Å². The maximum Gasteiger partial charge on any atom is 0.319 e. The van der Waals surface area contributed by atoms with Crippen LogP contribution in [0, 0.1) is 5.41 Å². The first-order chi connectivity index (χ1) is 7.15. The van der Waals surface area contributed by atoms with Gasteiger partial charge in [0.15, 0.2) is 0 Å². The number of allylic oxidation sites excluding steroid dienone is 2. The Morgan fingerprint density at radius 3 is 2.80 bits per heavy atom. The molecule has 0 aliphatic carbocycles. The van der Waals surface area contributed by atoms with Crippen molar-refractivity contribution in [2.24, 2.45) is 5.41 Å². The molecule has 15 heavy (non-hydrogen) atoms. The lowest BCUT2D eigenvalue weighted by atomic mass is 9.76. The van der Waals surface area contributed by atoms with Gasteiger partial charge < -0.3 is 4.74 Å². The molecule has 0 spiro atoms. The van der Waals surface area contributed by atoms with Gasteiger partial charge in [0.1, 0.15) is 11.5 Å². The molecule has 1 rings (SSSR count). The quantitative estimate of drug-likeness (QED) is 0.380. The van der Waals surface area contributed by atoms with Crippen LogP contribution in [0.25, 0.3) is 0 Å². The second-order valence-electron chi connectivity index (χ2n) is 4.27. The Morgan fingerprint density at radius 1 is 1.53 bits per heavy atom. The van der Waals surface area contributed by atoms with Crippen LogP contribution < -0.4 is 0 Å². The summed E-state index contributed by atoms with van der Waals surface area (Å²) in [5.41, 5.74) is -0.415. The molecular formula is C13H20O2. The van der Waals surface area contributed by atoms with Crippen molar-refractivity contribution in [3.8, 4) is 0 Å². The second kappa shape index (κ2) is 5.15. The van der Waals surface area contributed by atoms with Crippen molar-refractivity contribution in [3.63, 3.8) is 0 Å². The molecule has 0 aromatic heterocycles. The molecule has 0 aromatic carbocycles. The van der Waals surface area contributed by atoms with E-state index in [0.29, 0.717) is 0 Å². The fourth-order valence-corrected chi connectivity index (χ4v) is 1.83. The molecular weight excluding hydrogens is 188 g/mol. The van der Waals surface area contributed by atoms with E-state index >= 15 is 0 Å². The number of hydrogen-bond donors (Lipinski definition) is 0. The molecule has 1 aliphatic heterocycles. The lowest BCUT2D eigenvalue weighted by Gasteiger charge is -2.42. The maximum absolute atomic E-state index is 11.4. The zero-order valence-electron chi connectivity index (χ0n) is 9.66. The monoisotopic (exact) mass is 208 g/mol. The molecule has 0 unspecified atom stereocenters. The summed E-state index contributed by atoms with van der Waals surface area (Å²) in [4.78, 5) is 11.4. The van der Waals surface area contributed by atoms with E-state index in [4.69, 9.17) is 4.74 Å². The molecule has 0 saturated carbocycles. The fourth-order valence-electron chi connectivity index (χ4n) is 1.83. The summed E-state index contributed by atoms with van der Waals surface area (Å²) in [5, 5.41) is 0. The van der Waals surface area contributed by atoms with Gasteiger partial charge in [0.2, 0.25) is 0 Å². The number of rotatable bonds is 6. The Kier molecular flexibility index (Phi) is 4.13. The van der Waals surface area contributed by atoms with E-state index in [0.717, 1.165) is 12.8 Å². The van der Waals surface area contributed by atoms with E-state index in [1.54, 1.807) is 6.08 Å². The van der Waals surface area contributed by atoms with Crippen LogP contribution in [-0.2, 0) is 9.53 Å². The average Bonchev–Trinajstić information content (AvgIpc) is 2.25. The van der Waals surface area contributed by atoms with Gasteiger partial charge in [-0.25, -0.2) is 0 Å². The first kappa shape index (κ1) is 12.0. The van der Waals surface area contributed by atoms with Crippen LogP contribution in [0.5, 0.6) is 0 Å².